The Kier molecular flexibility index (Phi) is 3.12. The summed E-state index contributed by atoms with van der Waals surface area (Å²) in [5.41, 5.74) is 2.55. The molecule has 1 saturated heterocycles. The van der Waals surface area contributed by atoms with Gasteiger partial charge in [0, 0.05) is 12.0 Å². The molecular formula is C15H20FNO. The number of ether oxygens (including phenoxy) is 1. The quantitative estimate of drug-likeness (QED) is 0.870. The number of fused-ring (bicyclic) bond motifs is 2. The molecule has 18 heavy (non-hydrogen) atoms. The fourth-order valence-electron chi connectivity index (χ4n) is 3.57. The molecule has 3 heteroatoms. The Morgan fingerprint density at radius 1 is 1.39 bits per heavy atom. The third-order valence-corrected chi connectivity index (χ3v) is 4.44. The van der Waals surface area contributed by atoms with E-state index in [4.69, 9.17) is 4.74 Å². The van der Waals surface area contributed by atoms with Crippen LogP contribution in [0.4, 0.5) is 4.39 Å². The molecule has 98 valence electrons. The molecule has 1 aliphatic heterocycles. The Balaban J connectivity index is 2.02. The van der Waals surface area contributed by atoms with Crippen molar-refractivity contribution in [2.75, 3.05) is 19.7 Å². The first kappa shape index (κ1) is 12.1. The molecule has 1 aromatic carbocycles. The van der Waals surface area contributed by atoms with Crippen LogP contribution in [0.5, 0.6) is 0 Å². The smallest absolute Gasteiger partial charge is 0.123 e. The highest BCUT2D eigenvalue weighted by Gasteiger charge is 2.44. The van der Waals surface area contributed by atoms with Crippen LogP contribution >= 0.6 is 0 Å². The largest absolute Gasteiger partial charge is 0.374 e. The van der Waals surface area contributed by atoms with Crippen LogP contribution in [0, 0.1) is 5.82 Å². The molecule has 0 aromatic heterocycles. The number of halogens is 1. The van der Waals surface area contributed by atoms with E-state index >= 15 is 0 Å². The normalized spacial score (nSPS) is 25.3. The van der Waals surface area contributed by atoms with Crippen LogP contribution in [0.2, 0.25) is 0 Å². The molecule has 1 heterocycles. The Morgan fingerprint density at radius 3 is 2.89 bits per heavy atom. The van der Waals surface area contributed by atoms with Gasteiger partial charge in [-0.2, -0.15) is 0 Å². The second-order valence-electron chi connectivity index (χ2n) is 5.41. The van der Waals surface area contributed by atoms with Gasteiger partial charge in [0.1, 0.15) is 5.82 Å². The minimum absolute atomic E-state index is 0.121. The average molecular weight is 249 g/mol. The maximum absolute atomic E-state index is 13.6. The first-order valence-electron chi connectivity index (χ1n) is 6.87. The molecule has 3 rings (SSSR count). The highest BCUT2D eigenvalue weighted by molar-refractivity contribution is 5.42. The summed E-state index contributed by atoms with van der Waals surface area (Å²) in [6.07, 6.45) is 3.35. The van der Waals surface area contributed by atoms with E-state index in [9.17, 15) is 4.39 Å². The first-order chi connectivity index (χ1) is 8.75. The highest BCUT2D eigenvalue weighted by Crippen LogP contribution is 2.51. The molecule has 0 radical (unpaired) electrons. The lowest BCUT2D eigenvalue weighted by atomic mass is 9.74. The van der Waals surface area contributed by atoms with Crippen molar-refractivity contribution in [3.8, 4) is 0 Å². The molecule has 1 aromatic rings. The number of hydrogen-bond donors (Lipinski definition) is 1. The minimum Gasteiger partial charge on any atom is -0.374 e. The Hall–Kier alpha value is -0.930. The van der Waals surface area contributed by atoms with E-state index in [1.807, 2.05) is 13.0 Å². The monoisotopic (exact) mass is 249 g/mol. The third kappa shape index (κ3) is 1.86. The molecule has 2 nitrogen and oxygen atoms in total. The van der Waals surface area contributed by atoms with Gasteiger partial charge in [0.15, 0.2) is 0 Å². The Bertz CT molecular complexity index is 440. The van der Waals surface area contributed by atoms with Crippen LogP contribution in [0.1, 0.15) is 43.4 Å². The van der Waals surface area contributed by atoms with Crippen molar-refractivity contribution in [1.29, 1.82) is 0 Å². The van der Waals surface area contributed by atoms with Gasteiger partial charge in [0.05, 0.1) is 6.10 Å². The standard InChI is InChI=1S/C15H20FNO/c1-2-18-14-10-15(5-7-17-8-6-15)13-9-11(16)3-4-12(13)14/h3-4,9,14,17H,2,5-8,10H2,1H3. The lowest BCUT2D eigenvalue weighted by molar-refractivity contribution is 0.0474. The van der Waals surface area contributed by atoms with Crippen molar-refractivity contribution < 1.29 is 9.13 Å². The molecule has 2 aliphatic rings. The van der Waals surface area contributed by atoms with E-state index in [0.717, 1.165) is 39.0 Å². The maximum Gasteiger partial charge on any atom is 0.123 e. The third-order valence-electron chi connectivity index (χ3n) is 4.44. The Morgan fingerprint density at radius 2 is 2.17 bits per heavy atom. The van der Waals surface area contributed by atoms with Crippen LogP contribution in [-0.2, 0) is 10.2 Å². The van der Waals surface area contributed by atoms with Gasteiger partial charge >= 0.3 is 0 Å². The van der Waals surface area contributed by atoms with E-state index in [1.165, 1.54) is 11.1 Å². The van der Waals surface area contributed by atoms with Gasteiger partial charge < -0.3 is 10.1 Å². The molecule has 0 amide bonds. The predicted molar refractivity (Wildman–Crippen MR) is 69.2 cm³/mol. The molecule has 1 unspecified atom stereocenters. The summed E-state index contributed by atoms with van der Waals surface area (Å²) >= 11 is 0. The molecule has 0 saturated carbocycles. The van der Waals surface area contributed by atoms with Crippen molar-refractivity contribution >= 4 is 0 Å². The van der Waals surface area contributed by atoms with Gasteiger partial charge in [-0.3, -0.25) is 0 Å². The van der Waals surface area contributed by atoms with Gasteiger partial charge in [-0.25, -0.2) is 4.39 Å². The van der Waals surface area contributed by atoms with Crippen LogP contribution in [0.25, 0.3) is 0 Å². The SMILES string of the molecule is CCOC1CC2(CCNCC2)c2cc(F)ccc21. The average Bonchev–Trinajstić information content (AvgIpc) is 2.65. The van der Waals surface area contributed by atoms with E-state index in [1.54, 1.807) is 12.1 Å². The van der Waals surface area contributed by atoms with E-state index in [0.29, 0.717) is 0 Å². The number of benzene rings is 1. The van der Waals surface area contributed by atoms with Gasteiger partial charge in [0.25, 0.3) is 0 Å². The fraction of sp³-hybridized carbons (Fsp3) is 0.600. The van der Waals surface area contributed by atoms with E-state index < -0.39 is 0 Å². The van der Waals surface area contributed by atoms with E-state index in [-0.39, 0.29) is 17.3 Å². The van der Waals surface area contributed by atoms with Crippen molar-refractivity contribution in [3.63, 3.8) is 0 Å². The predicted octanol–water partition coefficient (Wildman–Crippen LogP) is 2.93. The molecule has 0 bridgehead atoms. The summed E-state index contributed by atoms with van der Waals surface area (Å²) in [5.74, 6) is -0.121. The molecule has 1 aliphatic carbocycles. The zero-order valence-electron chi connectivity index (χ0n) is 10.8. The summed E-state index contributed by atoms with van der Waals surface area (Å²) in [4.78, 5) is 0. The lowest BCUT2D eigenvalue weighted by Crippen LogP contribution is -2.38. The maximum atomic E-state index is 13.6. The summed E-state index contributed by atoms with van der Waals surface area (Å²) < 4.78 is 19.4. The number of nitrogens with one attached hydrogen (secondary N) is 1. The lowest BCUT2D eigenvalue weighted by Gasteiger charge is -2.35. The summed E-state index contributed by atoms with van der Waals surface area (Å²) in [7, 11) is 0. The summed E-state index contributed by atoms with van der Waals surface area (Å²) in [5, 5.41) is 3.39. The molecule has 1 N–H and O–H groups in total. The second kappa shape index (κ2) is 4.63. The number of piperidine rings is 1. The molecule has 1 fully saturated rings. The van der Waals surface area contributed by atoms with Gasteiger partial charge in [-0.1, -0.05) is 6.07 Å². The molecular weight excluding hydrogens is 229 g/mol. The minimum atomic E-state index is -0.121. The summed E-state index contributed by atoms with van der Waals surface area (Å²) in [6.45, 7) is 4.79. The molecule has 1 atom stereocenters. The second-order valence-corrected chi connectivity index (χ2v) is 5.41. The fourth-order valence-corrected chi connectivity index (χ4v) is 3.57. The van der Waals surface area contributed by atoms with Crippen LogP contribution < -0.4 is 5.32 Å². The van der Waals surface area contributed by atoms with E-state index in [2.05, 4.69) is 5.32 Å². The number of rotatable bonds is 2. The van der Waals surface area contributed by atoms with Crippen molar-refractivity contribution in [1.82, 2.24) is 5.32 Å². The van der Waals surface area contributed by atoms with Gasteiger partial charge in [-0.05, 0) is 62.5 Å². The zero-order valence-corrected chi connectivity index (χ0v) is 10.8. The van der Waals surface area contributed by atoms with Crippen molar-refractivity contribution in [2.24, 2.45) is 0 Å². The van der Waals surface area contributed by atoms with Crippen molar-refractivity contribution in [2.45, 2.75) is 37.7 Å². The van der Waals surface area contributed by atoms with Crippen LogP contribution in [0.3, 0.4) is 0 Å². The zero-order chi connectivity index (χ0) is 12.6. The molecule has 1 spiro atoms. The highest BCUT2D eigenvalue weighted by atomic mass is 19.1. The van der Waals surface area contributed by atoms with Crippen LogP contribution in [-0.4, -0.2) is 19.7 Å². The van der Waals surface area contributed by atoms with Gasteiger partial charge in [0.2, 0.25) is 0 Å². The Labute approximate surface area is 108 Å². The topological polar surface area (TPSA) is 21.3 Å². The number of hydrogen-bond acceptors (Lipinski definition) is 2. The van der Waals surface area contributed by atoms with Crippen molar-refractivity contribution in [3.05, 3.63) is 35.1 Å². The first-order valence-corrected chi connectivity index (χ1v) is 6.87. The summed E-state index contributed by atoms with van der Waals surface area (Å²) in [6, 6.07) is 5.21. The van der Waals surface area contributed by atoms with Gasteiger partial charge in [-0.15, -0.1) is 0 Å². The van der Waals surface area contributed by atoms with Crippen LogP contribution in [0.15, 0.2) is 18.2 Å².